The van der Waals surface area contributed by atoms with Crippen LogP contribution in [-0.4, -0.2) is 46.5 Å². The summed E-state index contributed by atoms with van der Waals surface area (Å²) in [5.41, 5.74) is 0.994. The molecule has 0 unspecified atom stereocenters. The molecule has 0 atom stereocenters. The van der Waals surface area contributed by atoms with Gasteiger partial charge in [-0.15, -0.1) is 0 Å². The molecule has 1 amide bonds. The summed E-state index contributed by atoms with van der Waals surface area (Å²) in [5, 5.41) is 0.705. The first-order valence-corrected chi connectivity index (χ1v) is 8.74. The van der Waals surface area contributed by atoms with E-state index in [1.54, 1.807) is 6.20 Å². The van der Waals surface area contributed by atoms with Crippen molar-refractivity contribution in [2.24, 2.45) is 5.92 Å². The van der Waals surface area contributed by atoms with Gasteiger partial charge in [-0.3, -0.25) is 9.36 Å². The Morgan fingerprint density at radius 2 is 2.00 bits per heavy atom. The molecule has 0 N–H and O–H groups in total. The number of halogens is 1. The van der Waals surface area contributed by atoms with Crippen LogP contribution in [0.15, 0.2) is 36.7 Å². The summed E-state index contributed by atoms with van der Waals surface area (Å²) in [7, 11) is 0. The van der Waals surface area contributed by atoms with Gasteiger partial charge < -0.3 is 9.80 Å². The number of carbonyl (C=O) groups is 1. The number of aromatic nitrogens is 2. The SMILES string of the molecule is CC(C)CC(=O)N1CCN(c2nccn2-c2cccc(Cl)c2)CC1. The minimum atomic E-state index is 0.253. The molecule has 0 aliphatic carbocycles. The first kappa shape index (κ1) is 16.8. The lowest BCUT2D eigenvalue weighted by Gasteiger charge is -2.35. The Morgan fingerprint density at radius 3 is 2.67 bits per heavy atom. The third-order valence-corrected chi connectivity index (χ3v) is 4.44. The molecule has 128 valence electrons. The summed E-state index contributed by atoms with van der Waals surface area (Å²) in [4.78, 5) is 20.9. The highest BCUT2D eigenvalue weighted by atomic mass is 35.5. The van der Waals surface area contributed by atoms with Gasteiger partial charge in [-0.25, -0.2) is 4.98 Å². The monoisotopic (exact) mass is 346 g/mol. The molecule has 0 saturated carbocycles. The topological polar surface area (TPSA) is 41.4 Å². The van der Waals surface area contributed by atoms with E-state index >= 15 is 0 Å². The van der Waals surface area contributed by atoms with Crippen molar-refractivity contribution in [2.45, 2.75) is 20.3 Å². The number of imidazole rings is 1. The average Bonchev–Trinajstić information content (AvgIpc) is 3.04. The molecular formula is C18H23ClN4O. The van der Waals surface area contributed by atoms with Crippen LogP contribution in [0.3, 0.4) is 0 Å². The van der Waals surface area contributed by atoms with Crippen LogP contribution in [0.4, 0.5) is 5.95 Å². The fraction of sp³-hybridized carbons (Fsp3) is 0.444. The highest BCUT2D eigenvalue weighted by Crippen LogP contribution is 2.22. The predicted octanol–water partition coefficient (Wildman–Crippen LogP) is 3.22. The van der Waals surface area contributed by atoms with Crippen molar-refractivity contribution >= 4 is 23.5 Å². The molecule has 1 saturated heterocycles. The van der Waals surface area contributed by atoms with E-state index in [2.05, 4.69) is 23.7 Å². The molecule has 0 bridgehead atoms. The third kappa shape index (κ3) is 3.73. The Balaban J connectivity index is 1.70. The first-order chi connectivity index (χ1) is 11.5. The van der Waals surface area contributed by atoms with Gasteiger partial charge in [-0.1, -0.05) is 31.5 Å². The summed E-state index contributed by atoms with van der Waals surface area (Å²) in [5.74, 6) is 1.55. The highest BCUT2D eigenvalue weighted by Gasteiger charge is 2.24. The molecule has 1 aliphatic heterocycles. The van der Waals surface area contributed by atoms with Crippen molar-refractivity contribution in [2.75, 3.05) is 31.1 Å². The summed E-state index contributed by atoms with van der Waals surface area (Å²) < 4.78 is 2.04. The van der Waals surface area contributed by atoms with Crippen LogP contribution in [-0.2, 0) is 4.79 Å². The van der Waals surface area contributed by atoms with Crippen molar-refractivity contribution in [1.29, 1.82) is 0 Å². The number of amides is 1. The van der Waals surface area contributed by atoms with E-state index < -0.39 is 0 Å². The second-order valence-electron chi connectivity index (χ2n) is 6.54. The molecule has 1 fully saturated rings. The van der Waals surface area contributed by atoms with Gasteiger partial charge in [0.2, 0.25) is 11.9 Å². The van der Waals surface area contributed by atoms with E-state index in [1.165, 1.54) is 0 Å². The normalized spacial score (nSPS) is 15.2. The molecule has 1 aromatic carbocycles. The fourth-order valence-corrected chi connectivity index (χ4v) is 3.18. The van der Waals surface area contributed by atoms with Gasteiger partial charge in [0.25, 0.3) is 0 Å². The Morgan fingerprint density at radius 1 is 1.25 bits per heavy atom. The molecule has 0 radical (unpaired) electrons. The van der Waals surface area contributed by atoms with Crippen LogP contribution >= 0.6 is 11.6 Å². The molecule has 5 nitrogen and oxygen atoms in total. The smallest absolute Gasteiger partial charge is 0.222 e. The maximum atomic E-state index is 12.2. The van der Waals surface area contributed by atoms with Gasteiger partial charge in [0, 0.05) is 55.7 Å². The van der Waals surface area contributed by atoms with Crippen molar-refractivity contribution in [3.63, 3.8) is 0 Å². The maximum Gasteiger partial charge on any atom is 0.222 e. The largest absolute Gasteiger partial charge is 0.339 e. The molecule has 1 aromatic heterocycles. The number of nitrogens with zero attached hydrogens (tertiary/aromatic N) is 4. The fourth-order valence-electron chi connectivity index (χ4n) is 2.99. The first-order valence-electron chi connectivity index (χ1n) is 8.36. The summed E-state index contributed by atoms with van der Waals surface area (Å²) in [6.45, 7) is 7.23. The number of carbonyl (C=O) groups excluding carboxylic acids is 1. The average molecular weight is 347 g/mol. The quantitative estimate of drug-likeness (QED) is 0.853. The predicted molar refractivity (Wildman–Crippen MR) is 96.8 cm³/mol. The van der Waals surface area contributed by atoms with Gasteiger partial charge in [0.05, 0.1) is 0 Å². The van der Waals surface area contributed by atoms with E-state index in [0.29, 0.717) is 17.4 Å². The number of benzene rings is 1. The molecule has 2 aromatic rings. The Bertz CT molecular complexity index is 705. The number of rotatable bonds is 4. The molecule has 6 heteroatoms. The molecule has 0 spiro atoms. The zero-order valence-electron chi connectivity index (χ0n) is 14.2. The number of anilines is 1. The second-order valence-corrected chi connectivity index (χ2v) is 6.98. The van der Waals surface area contributed by atoms with E-state index in [4.69, 9.17) is 11.6 Å². The van der Waals surface area contributed by atoms with Gasteiger partial charge >= 0.3 is 0 Å². The molecule has 2 heterocycles. The van der Waals surface area contributed by atoms with Gasteiger partial charge in [-0.2, -0.15) is 0 Å². The molecular weight excluding hydrogens is 324 g/mol. The second kappa shape index (κ2) is 7.26. The minimum absolute atomic E-state index is 0.253. The molecule has 3 rings (SSSR count). The lowest BCUT2D eigenvalue weighted by Crippen LogP contribution is -2.49. The van der Waals surface area contributed by atoms with Crippen LogP contribution in [0.2, 0.25) is 5.02 Å². The molecule has 1 aliphatic rings. The summed E-state index contributed by atoms with van der Waals surface area (Å²) in [6, 6.07) is 7.74. The van der Waals surface area contributed by atoms with Crippen molar-refractivity contribution in [3.05, 3.63) is 41.7 Å². The Kier molecular flexibility index (Phi) is 5.09. The lowest BCUT2D eigenvalue weighted by atomic mass is 10.1. The van der Waals surface area contributed by atoms with Crippen molar-refractivity contribution < 1.29 is 4.79 Å². The van der Waals surface area contributed by atoms with Crippen LogP contribution in [0.25, 0.3) is 5.69 Å². The van der Waals surface area contributed by atoms with E-state index in [1.807, 2.05) is 39.9 Å². The number of hydrogen-bond acceptors (Lipinski definition) is 3. The van der Waals surface area contributed by atoms with Crippen molar-refractivity contribution in [1.82, 2.24) is 14.5 Å². The summed E-state index contributed by atoms with van der Waals surface area (Å²) in [6.07, 6.45) is 4.36. The zero-order chi connectivity index (χ0) is 17.1. The van der Waals surface area contributed by atoms with E-state index in [0.717, 1.165) is 37.8 Å². The van der Waals surface area contributed by atoms with Crippen LogP contribution < -0.4 is 4.90 Å². The number of hydrogen-bond donors (Lipinski definition) is 0. The lowest BCUT2D eigenvalue weighted by molar-refractivity contribution is -0.132. The van der Waals surface area contributed by atoms with E-state index in [-0.39, 0.29) is 5.91 Å². The highest BCUT2D eigenvalue weighted by molar-refractivity contribution is 6.30. The Labute approximate surface area is 147 Å². The Hall–Kier alpha value is -2.01. The van der Waals surface area contributed by atoms with E-state index in [9.17, 15) is 4.79 Å². The maximum absolute atomic E-state index is 12.2. The van der Waals surface area contributed by atoms with Crippen LogP contribution in [0.5, 0.6) is 0 Å². The standard InChI is InChI=1S/C18H23ClN4O/c1-14(2)12-17(24)21-8-10-22(11-9-21)18-20-6-7-23(18)16-5-3-4-15(19)13-16/h3-7,13-14H,8-12H2,1-2H3. The van der Waals surface area contributed by atoms with Crippen LogP contribution in [0, 0.1) is 5.92 Å². The van der Waals surface area contributed by atoms with Gasteiger partial charge in [0.1, 0.15) is 0 Å². The number of piperazine rings is 1. The van der Waals surface area contributed by atoms with Crippen LogP contribution in [0.1, 0.15) is 20.3 Å². The zero-order valence-corrected chi connectivity index (χ0v) is 14.9. The van der Waals surface area contributed by atoms with Gasteiger partial charge in [0.15, 0.2) is 0 Å². The van der Waals surface area contributed by atoms with Crippen molar-refractivity contribution in [3.8, 4) is 5.69 Å². The molecule has 24 heavy (non-hydrogen) atoms. The minimum Gasteiger partial charge on any atom is -0.339 e. The van der Waals surface area contributed by atoms with Gasteiger partial charge in [-0.05, 0) is 24.1 Å². The third-order valence-electron chi connectivity index (χ3n) is 4.21. The summed E-state index contributed by atoms with van der Waals surface area (Å²) >= 11 is 6.10.